The average Bonchev–Trinajstić information content (AvgIpc) is 3.09. The number of aromatic nitrogens is 1. The summed E-state index contributed by atoms with van der Waals surface area (Å²) in [6.07, 6.45) is 4.01. The lowest BCUT2D eigenvalue weighted by Gasteiger charge is -2.10. The maximum Gasteiger partial charge on any atom is 0.255 e. The van der Waals surface area contributed by atoms with Crippen LogP contribution in [-0.4, -0.2) is 25.6 Å². The van der Waals surface area contributed by atoms with Crippen molar-refractivity contribution in [2.75, 3.05) is 11.6 Å². The van der Waals surface area contributed by atoms with Crippen LogP contribution in [0.2, 0.25) is 0 Å². The minimum Gasteiger partial charge on any atom is -0.444 e. The van der Waals surface area contributed by atoms with E-state index in [0.29, 0.717) is 11.3 Å². The van der Waals surface area contributed by atoms with Crippen LogP contribution in [0.15, 0.2) is 70.4 Å². The van der Waals surface area contributed by atoms with Crippen molar-refractivity contribution in [2.45, 2.75) is 4.90 Å². The zero-order valence-corrected chi connectivity index (χ0v) is 13.6. The number of carbonyl (C=O) groups excluding carboxylic acids is 1. The minimum atomic E-state index is -3.43. The van der Waals surface area contributed by atoms with Gasteiger partial charge in [0.15, 0.2) is 22.0 Å². The van der Waals surface area contributed by atoms with Crippen molar-refractivity contribution in [3.63, 3.8) is 0 Å². The maximum atomic E-state index is 12.3. The lowest BCUT2D eigenvalue weighted by atomic mass is 10.1. The van der Waals surface area contributed by atoms with Crippen LogP contribution in [0.5, 0.6) is 0 Å². The number of amides is 1. The van der Waals surface area contributed by atoms with Crippen molar-refractivity contribution < 1.29 is 17.6 Å². The molecule has 0 unspecified atom stereocenters. The Bertz CT molecular complexity index is 962. The van der Waals surface area contributed by atoms with Crippen molar-refractivity contribution in [1.82, 2.24) is 4.98 Å². The number of hydrogen-bond donors (Lipinski definition) is 1. The smallest absolute Gasteiger partial charge is 0.255 e. The second kappa shape index (κ2) is 6.29. The van der Waals surface area contributed by atoms with E-state index in [-0.39, 0.29) is 10.6 Å². The Kier molecular flexibility index (Phi) is 4.18. The van der Waals surface area contributed by atoms with E-state index in [4.69, 9.17) is 4.42 Å². The van der Waals surface area contributed by atoms with Gasteiger partial charge in [0, 0.05) is 17.4 Å². The van der Waals surface area contributed by atoms with Gasteiger partial charge in [-0.2, -0.15) is 0 Å². The van der Waals surface area contributed by atoms with Crippen LogP contribution in [0, 0.1) is 0 Å². The van der Waals surface area contributed by atoms with Gasteiger partial charge in [-0.1, -0.05) is 24.3 Å². The third-order valence-electron chi connectivity index (χ3n) is 3.40. The number of hydrogen-bond acceptors (Lipinski definition) is 5. The number of nitrogens with one attached hydrogen (secondary N) is 1. The summed E-state index contributed by atoms with van der Waals surface area (Å²) in [5.74, 6) is 0.208. The molecule has 0 radical (unpaired) electrons. The fourth-order valence-corrected chi connectivity index (χ4v) is 3.08. The third kappa shape index (κ3) is 3.36. The van der Waals surface area contributed by atoms with Crippen molar-refractivity contribution in [2.24, 2.45) is 0 Å². The molecule has 1 aromatic heterocycles. The number of para-hydroxylation sites is 1. The lowest BCUT2D eigenvalue weighted by Crippen LogP contribution is -2.14. The first kappa shape index (κ1) is 15.9. The molecule has 24 heavy (non-hydrogen) atoms. The summed E-state index contributed by atoms with van der Waals surface area (Å²) in [5, 5.41) is 2.63. The zero-order chi connectivity index (χ0) is 17.2. The number of benzene rings is 2. The van der Waals surface area contributed by atoms with Crippen LogP contribution < -0.4 is 5.32 Å². The topological polar surface area (TPSA) is 89.3 Å². The molecule has 0 aliphatic heterocycles. The van der Waals surface area contributed by atoms with Gasteiger partial charge in [0.25, 0.3) is 5.91 Å². The summed E-state index contributed by atoms with van der Waals surface area (Å²) in [6, 6.07) is 13.0. The summed E-state index contributed by atoms with van der Waals surface area (Å²) in [6.45, 7) is 0. The highest BCUT2D eigenvalue weighted by molar-refractivity contribution is 7.90. The van der Waals surface area contributed by atoms with E-state index in [1.165, 1.54) is 12.5 Å². The summed E-state index contributed by atoms with van der Waals surface area (Å²) in [4.78, 5) is 16.3. The SMILES string of the molecule is CS(=O)(=O)c1ccccc1NC(=O)c1ccc(-c2cnco2)cc1. The van der Waals surface area contributed by atoms with Crippen molar-refractivity contribution in [1.29, 1.82) is 0 Å². The fraction of sp³-hybridized carbons (Fsp3) is 0.0588. The Hall–Kier alpha value is -2.93. The Balaban J connectivity index is 1.84. The molecular weight excluding hydrogens is 328 g/mol. The molecule has 0 saturated heterocycles. The lowest BCUT2D eigenvalue weighted by molar-refractivity contribution is 0.102. The van der Waals surface area contributed by atoms with E-state index >= 15 is 0 Å². The normalized spacial score (nSPS) is 11.2. The number of oxazole rings is 1. The Morgan fingerprint density at radius 1 is 1.08 bits per heavy atom. The first-order valence-electron chi connectivity index (χ1n) is 7.04. The monoisotopic (exact) mass is 342 g/mol. The summed E-state index contributed by atoms with van der Waals surface area (Å²) in [7, 11) is -3.43. The fourth-order valence-electron chi connectivity index (χ4n) is 2.23. The van der Waals surface area contributed by atoms with E-state index in [1.807, 2.05) is 0 Å². The first-order chi connectivity index (χ1) is 11.4. The van der Waals surface area contributed by atoms with Crippen LogP contribution >= 0.6 is 0 Å². The summed E-state index contributed by atoms with van der Waals surface area (Å²) >= 11 is 0. The third-order valence-corrected chi connectivity index (χ3v) is 4.55. The highest BCUT2D eigenvalue weighted by Crippen LogP contribution is 2.22. The summed E-state index contributed by atoms with van der Waals surface area (Å²) < 4.78 is 28.8. The second-order valence-electron chi connectivity index (χ2n) is 5.17. The standard InChI is InChI=1S/C17H14N2O4S/c1-24(21,22)16-5-3-2-4-14(16)19-17(20)13-8-6-12(7-9-13)15-10-18-11-23-15/h2-11H,1H3,(H,19,20). The molecule has 6 nitrogen and oxygen atoms in total. The maximum absolute atomic E-state index is 12.3. The number of anilines is 1. The van der Waals surface area contributed by atoms with Crippen LogP contribution in [0.1, 0.15) is 10.4 Å². The van der Waals surface area contributed by atoms with Crippen molar-refractivity contribution >= 4 is 21.4 Å². The van der Waals surface area contributed by atoms with Gasteiger partial charge in [-0.3, -0.25) is 4.79 Å². The largest absolute Gasteiger partial charge is 0.444 e. The van der Waals surface area contributed by atoms with Crippen LogP contribution in [-0.2, 0) is 9.84 Å². The Labute approximate surface area is 139 Å². The van der Waals surface area contributed by atoms with Crippen LogP contribution in [0.25, 0.3) is 11.3 Å². The van der Waals surface area contributed by atoms with Crippen LogP contribution in [0.3, 0.4) is 0 Å². The predicted octanol–water partition coefficient (Wildman–Crippen LogP) is 3.00. The van der Waals surface area contributed by atoms with E-state index in [0.717, 1.165) is 11.8 Å². The highest BCUT2D eigenvalue weighted by atomic mass is 32.2. The van der Waals surface area contributed by atoms with Gasteiger partial charge in [-0.05, 0) is 24.3 Å². The van der Waals surface area contributed by atoms with Gasteiger partial charge >= 0.3 is 0 Å². The molecule has 1 heterocycles. The molecule has 0 aliphatic rings. The number of sulfone groups is 1. The highest BCUT2D eigenvalue weighted by Gasteiger charge is 2.15. The molecular formula is C17H14N2O4S. The van der Waals surface area contributed by atoms with Gasteiger partial charge in [0.2, 0.25) is 0 Å². The number of rotatable bonds is 4. The van der Waals surface area contributed by atoms with Crippen LogP contribution in [0.4, 0.5) is 5.69 Å². The van der Waals surface area contributed by atoms with E-state index in [1.54, 1.807) is 48.7 Å². The van der Waals surface area contributed by atoms with E-state index < -0.39 is 15.7 Å². The molecule has 0 atom stereocenters. The quantitative estimate of drug-likeness (QED) is 0.787. The van der Waals surface area contributed by atoms with Gasteiger partial charge in [0.05, 0.1) is 16.8 Å². The van der Waals surface area contributed by atoms with Gasteiger partial charge in [-0.25, -0.2) is 13.4 Å². The molecule has 1 N–H and O–H groups in total. The van der Waals surface area contributed by atoms with E-state index in [2.05, 4.69) is 10.3 Å². The zero-order valence-electron chi connectivity index (χ0n) is 12.8. The molecule has 7 heteroatoms. The Morgan fingerprint density at radius 3 is 2.42 bits per heavy atom. The second-order valence-corrected chi connectivity index (χ2v) is 7.15. The molecule has 3 rings (SSSR count). The molecule has 0 bridgehead atoms. The molecule has 1 amide bonds. The van der Waals surface area contributed by atoms with Crippen molar-refractivity contribution in [3.8, 4) is 11.3 Å². The number of carbonyl (C=O) groups is 1. The number of nitrogens with zero attached hydrogens (tertiary/aromatic N) is 1. The molecule has 0 saturated carbocycles. The van der Waals surface area contributed by atoms with E-state index in [9.17, 15) is 13.2 Å². The molecule has 0 aliphatic carbocycles. The van der Waals surface area contributed by atoms with Gasteiger partial charge in [-0.15, -0.1) is 0 Å². The Morgan fingerprint density at radius 2 is 1.79 bits per heavy atom. The first-order valence-corrected chi connectivity index (χ1v) is 8.93. The van der Waals surface area contributed by atoms with Gasteiger partial charge < -0.3 is 9.73 Å². The van der Waals surface area contributed by atoms with Crippen molar-refractivity contribution in [3.05, 3.63) is 66.7 Å². The molecule has 0 fully saturated rings. The minimum absolute atomic E-state index is 0.0802. The summed E-state index contributed by atoms with van der Waals surface area (Å²) in [5.41, 5.74) is 1.45. The molecule has 2 aromatic carbocycles. The molecule has 0 spiro atoms. The van der Waals surface area contributed by atoms with Gasteiger partial charge in [0.1, 0.15) is 0 Å². The molecule has 122 valence electrons. The predicted molar refractivity (Wildman–Crippen MR) is 89.4 cm³/mol. The average molecular weight is 342 g/mol. The molecule has 3 aromatic rings.